The maximum atomic E-state index is 12.8. The summed E-state index contributed by atoms with van der Waals surface area (Å²) in [7, 11) is 0. The first-order valence-corrected chi connectivity index (χ1v) is 8.52. The summed E-state index contributed by atoms with van der Waals surface area (Å²) in [5, 5.41) is 4.59. The highest BCUT2D eigenvalue weighted by molar-refractivity contribution is 6.00. The molecule has 5 nitrogen and oxygen atoms in total. The Balaban J connectivity index is 1.83. The van der Waals surface area contributed by atoms with Gasteiger partial charge in [0.15, 0.2) is 5.78 Å². The van der Waals surface area contributed by atoms with E-state index in [0.29, 0.717) is 12.4 Å². The van der Waals surface area contributed by atoms with E-state index in [-0.39, 0.29) is 11.7 Å². The SMILES string of the molecule is Cc1cc(C)nc(-n2nc(C)c3c2C[C@H](c2ccccc2)CC3=O)n1. The Labute approximate surface area is 146 Å². The van der Waals surface area contributed by atoms with Gasteiger partial charge in [0, 0.05) is 17.8 Å². The van der Waals surface area contributed by atoms with E-state index in [0.717, 1.165) is 34.8 Å². The molecule has 0 unspecified atom stereocenters. The Morgan fingerprint density at radius 2 is 1.68 bits per heavy atom. The van der Waals surface area contributed by atoms with Crippen molar-refractivity contribution in [1.29, 1.82) is 0 Å². The van der Waals surface area contributed by atoms with E-state index in [9.17, 15) is 4.79 Å². The quantitative estimate of drug-likeness (QED) is 0.720. The van der Waals surface area contributed by atoms with Gasteiger partial charge >= 0.3 is 0 Å². The fourth-order valence-corrected chi connectivity index (χ4v) is 3.69. The van der Waals surface area contributed by atoms with Gasteiger partial charge < -0.3 is 0 Å². The first-order chi connectivity index (χ1) is 12.0. The van der Waals surface area contributed by atoms with Crippen LogP contribution in [0.25, 0.3) is 5.95 Å². The number of rotatable bonds is 2. The van der Waals surface area contributed by atoms with Crippen molar-refractivity contribution in [3.8, 4) is 5.95 Å². The Kier molecular flexibility index (Phi) is 3.71. The van der Waals surface area contributed by atoms with Crippen molar-refractivity contribution < 1.29 is 4.79 Å². The molecule has 0 bridgehead atoms. The molecule has 2 aromatic heterocycles. The van der Waals surface area contributed by atoms with E-state index in [1.54, 1.807) is 4.68 Å². The van der Waals surface area contributed by atoms with Crippen LogP contribution >= 0.6 is 0 Å². The largest absolute Gasteiger partial charge is 0.294 e. The maximum Gasteiger partial charge on any atom is 0.251 e. The van der Waals surface area contributed by atoms with E-state index in [4.69, 9.17) is 0 Å². The summed E-state index contributed by atoms with van der Waals surface area (Å²) in [4.78, 5) is 21.8. The second-order valence-corrected chi connectivity index (χ2v) is 6.71. The number of carbonyl (C=O) groups is 1. The van der Waals surface area contributed by atoms with Gasteiger partial charge in [0.2, 0.25) is 0 Å². The number of nitrogens with zero attached hydrogens (tertiary/aromatic N) is 4. The van der Waals surface area contributed by atoms with Crippen molar-refractivity contribution in [3.05, 3.63) is 70.3 Å². The topological polar surface area (TPSA) is 60.7 Å². The zero-order valence-electron chi connectivity index (χ0n) is 14.7. The van der Waals surface area contributed by atoms with Gasteiger partial charge in [-0.15, -0.1) is 0 Å². The molecular formula is C20H20N4O. The highest BCUT2D eigenvalue weighted by Crippen LogP contribution is 2.34. The Hall–Kier alpha value is -2.82. The summed E-state index contributed by atoms with van der Waals surface area (Å²) in [5.74, 6) is 0.869. The van der Waals surface area contributed by atoms with Crippen LogP contribution in [0.4, 0.5) is 0 Å². The highest BCUT2D eigenvalue weighted by Gasteiger charge is 2.32. The molecule has 0 fully saturated rings. The number of ketones is 1. The normalized spacial score (nSPS) is 16.8. The van der Waals surface area contributed by atoms with Crippen LogP contribution in [0.1, 0.15) is 51.0 Å². The van der Waals surface area contributed by atoms with Gasteiger partial charge in [0.1, 0.15) is 0 Å². The van der Waals surface area contributed by atoms with Crippen molar-refractivity contribution in [2.45, 2.75) is 39.5 Å². The van der Waals surface area contributed by atoms with Crippen LogP contribution in [-0.4, -0.2) is 25.5 Å². The molecule has 0 N–H and O–H groups in total. The van der Waals surface area contributed by atoms with Crippen LogP contribution in [0.2, 0.25) is 0 Å². The third-order valence-electron chi connectivity index (χ3n) is 4.74. The molecule has 0 spiro atoms. The molecule has 0 saturated heterocycles. The zero-order valence-corrected chi connectivity index (χ0v) is 14.7. The summed E-state index contributed by atoms with van der Waals surface area (Å²) in [6.07, 6.45) is 1.29. The number of aromatic nitrogens is 4. The van der Waals surface area contributed by atoms with Crippen LogP contribution < -0.4 is 0 Å². The highest BCUT2D eigenvalue weighted by atomic mass is 16.1. The standard InChI is InChI=1S/C20H20N4O/c1-12-9-13(2)22-20(21-12)24-17-10-16(15-7-5-4-6-8-15)11-18(25)19(17)14(3)23-24/h4-9,16H,10-11H2,1-3H3/t16-/m0/s1. The summed E-state index contributed by atoms with van der Waals surface area (Å²) in [6, 6.07) is 12.1. The lowest BCUT2D eigenvalue weighted by molar-refractivity contribution is 0.0963. The Morgan fingerprint density at radius 3 is 2.36 bits per heavy atom. The minimum absolute atomic E-state index is 0.156. The fourth-order valence-electron chi connectivity index (χ4n) is 3.69. The molecule has 25 heavy (non-hydrogen) atoms. The summed E-state index contributed by atoms with van der Waals surface area (Å²) >= 11 is 0. The van der Waals surface area contributed by atoms with E-state index in [1.165, 1.54) is 5.56 Å². The molecule has 1 atom stereocenters. The van der Waals surface area contributed by atoms with Gasteiger partial charge in [-0.05, 0) is 44.7 Å². The molecule has 0 amide bonds. The van der Waals surface area contributed by atoms with Gasteiger partial charge in [0.05, 0.1) is 17.0 Å². The monoisotopic (exact) mass is 332 g/mol. The predicted octanol–water partition coefficient (Wildman–Crippen LogP) is 3.50. The van der Waals surface area contributed by atoms with E-state index < -0.39 is 0 Å². The van der Waals surface area contributed by atoms with Crippen molar-refractivity contribution in [2.75, 3.05) is 0 Å². The number of aryl methyl sites for hydroxylation is 3. The lowest BCUT2D eigenvalue weighted by Crippen LogP contribution is -2.21. The molecular weight excluding hydrogens is 312 g/mol. The van der Waals surface area contributed by atoms with E-state index in [2.05, 4.69) is 27.2 Å². The summed E-state index contributed by atoms with van der Waals surface area (Å²) in [6.45, 7) is 5.77. The number of carbonyl (C=O) groups excluding carboxylic acids is 1. The zero-order chi connectivity index (χ0) is 17.6. The van der Waals surface area contributed by atoms with Crippen LogP contribution in [-0.2, 0) is 6.42 Å². The summed E-state index contributed by atoms with van der Waals surface area (Å²) < 4.78 is 1.76. The first-order valence-electron chi connectivity index (χ1n) is 8.52. The van der Waals surface area contributed by atoms with Gasteiger partial charge in [0.25, 0.3) is 5.95 Å². The molecule has 1 aromatic carbocycles. The van der Waals surface area contributed by atoms with Gasteiger partial charge in [-0.3, -0.25) is 4.79 Å². The number of fused-ring (bicyclic) bond motifs is 1. The maximum absolute atomic E-state index is 12.8. The molecule has 4 rings (SSSR count). The number of hydrogen-bond acceptors (Lipinski definition) is 4. The van der Waals surface area contributed by atoms with Crippen LogP contribution in [0, 0.1) is 20.8 Å². The minimum Gasteiger partial charge on any atom is -0.294 e. The van der Waals surface area contributed by atoms with Gasteiger partial charge in [-0.2, -0.15) is 5.10 Å². The molecule has 1 aliphatic carbocycles. The average Bonchev–Trinajstić information content (AvgIpc) is 2.92. The van der Waals surface area contributed by atoms with E-state index in [1.807, 2.05) is 45.0 Å². The number of benzene rings is 1. The Morgan fingerprint density at radius 1 is 1.00 bits per heavy atom. The predicted molar refractivity (Wildman–Crippen MR) is 95.2 cm³/mol. The second-order valence-electron chi connectivity index (χ2n) is 6.71. The fraction of sp³-hybridized carbons (Fsp3) is 0.300. The van der Waals surface area contributed by atoms with Crippen molar-refractivity contribution >= 4 is 5.78 Å². The molecule has 2 heterocycles. The second kappa shape index (κ2) is 5.92. The molecule has 5 heteroatoms. The lowest BCUT2D eigenvalue weighted by atomic mass is 9.81. The molecule has 0 radical (unpaired) electrons. The third kappa shape index (κ3) is 2.76. The molecule has 3 aromatic rings. The average molecular weight is 332 g/mol. The number of hydrogen-bond donors (Lipinski definition) is 0. The van der Waals surface area contributed by atoms with Crippen molar-refractivity contribution in [3.63, 3.8) is 0 Å². The first kappa shape index (κ1) is 15.7. The van der Waals surface area contributed by atoms with Gasteiger partial charge in [-0.25, -0.2) is 14.6 Å². The molecule has 126 valence electrons. The van der Waals surface area contributed by atoms with Crippen molar-refractivity contribution in [1.82, 2.24) is 19.7 Å². The third-order valence-corrected chi connectivity index (χ3v) is 4.74. The van der Waals surface area contributed by atoms with Crippen LogP contribution in [0.3, 0.4) is 0 Å². The molecule has 0 saturated carbocycles. The molecule has 1 aliphatic rings. The van der Waals surface area contributed by atoms with Gasteiger partial charge in [-0.1, -0.05) is 30.3 Å². The molecule has 0 aliphatic heterocycles. The number of Topliss-reactive ketones (excluding diaryl/α,β-unsaturated/α-hetero) is 1. The smallest absolute Gasteiger partial charge is 0.251 e. The Bertz CT molecular complexity index is 939. The minimum atomic E-state index is 0.156. The van der Waals surface area contributed by atoms with Crippen LogP contribution in [0.15, 0.2) is 36.4 Å². The van der Waals surface area contributed by atoms with Crippen molar-refractivity contribution in [2.24, 2.45) is 0 Å². The van der Waals surface area contributed by atoms with Crippen LogP contribution in [0.5, 0.6) is 0 Å². The van der Waals surface area contributed by atoms with E-state index >= 15 is 0 Å². The lowest BCUT2D eigenvalue weighted by Gasteiger charge is -2.22. The summed E-state index contributed by atoms with van der Waals surface area (Å²) in [5.41, 5.74) is 5.40.